The zero-order valence-corrected chi connectivity index (χ0v) is 19.6. The van der Waals surface area contributed by atoms with E-state index in [2.05, 4.69) is 4.98 Å². The summed E-state index contributed by atoms with van der Waals surface area (Å²) in [5, 5.41) is 1.11. The number of aromatic nitrogens is 3. The number of ether oxygens (including phenoxy) is 1. The molecule has 3 aromatic carbocycles. The number of nitrogens with zero attached hydrogens (tertiary/aromatic N) is 3. The first-order valence-corrected chi connectivity index (χ1v) is 11.4. The van der Waals surface area contributed by atoms with E-state index in [4.69, 9.17) is 26.2 Å². The number of rotatable bonds is 1. The van der Waals surface area contributed by atoms with Gasteiger partial charge in [0.2, 0.25) is 0 Å². The number of imidazole rings is 1. The van der Waals surface area contributed by atoms with Crippen LogP contribution in [0.1, 0.15) is 26.5 Å². The first-order valence-electron chi connectivity index (χ1n) is 12.6. The molecule has 1 atom stereocenters. The molecular formula is C28H23ClN4O2. The van der Waals surface area contributed by atoms with E-state index in [9.17, 15) is 4.79 Å². The molecule has 1 aliphatic rings. The van der Waals surface area contributed by atoms with E-state index >= 15 is 0 Å². The molecule has 6 nitrogen and oxygen atoms in total. The van der Waals surface area contributed by atoms with Gasteiger partial charge in [0.1, 0.15) is 17.9 Å². The van der Waals surface area contributed by atoms with Gasteiger partial charge in [0.05, 0.1) is 23.7 Å². The van der Waals surface area contributed by atoms with Gasteiger partial charge in [-0.1, -0.05) is 35.9 Å². The average Bonchev–Trinajstić information content (AvgIpc) is 3.32. The van der Waals surface area contributed by atoms with Gasteiger partial charge in [-0.3, -0.25) is 4.79 Å². The van der Waals surface area contributed by atoms with E-state index in [0.717, 1.165) is 15.7 Å². The molecule has 5 aromatic rings. The number of hydrogen-bond donors (Lipinski definition) is 1. The molecule has 6 bridgehead atoms. The van der Waals surface area contributed by atoms with E-state index < -0.39 is 18.1 Å². The Labute approximate surface area is 211 Å². The molecule has 0 amide bonds. The Bertz CT molecular complexity index is 1790. The second kappa shape index (κ2) is 7.83. The molecule has 0 spiro atoms. The van der Waals surface area contributed by atoms with Crippen molar-refractivity contribution in [3.05, 3.63) is 117 Å². The van der Waals surface area contributed by atoms with Gasteiger partial charge in [-0.25, -0.2) is 4.98 Å². The van der Waals surface area contributed by atoms with Crippen LogP contribution >= 0.6 is 11.6 Å². The smallest absolute Gasteiger partial charge is 0.251 e. The van der Waals surface area contributed by atoms with Crippen LogP contribution in [0.15, 0.2) is 84.0 Å². The van der Waals surface area contributed by atoms with E-state index in [-0.39, 0.29) is 12.1 Å². The third kappa shape index (κ3) is 3.29. The Morgan fingerprint density at radius 1 is 1.11 bits per heavy atom. The van der Waals surface area contributed by atoms with Crippen LogP contribution in [0, 0.1) is 0 Å². The van der Waals surface area contributed by atoms with Crippen LogP contribution in [-0.2, 0) is 26.2 Å². The van der Waals surface area contributed by atoms with Crippen molar-refractivity contribution in [3.8, 4) is 16.9 Å². The number of hydrogen-bond acceptors (Lipinski definition) is 4. The second-order valence-corrected chi connectivity index (χ2v) is 9.19. The topological polar surface area (TPSA) is 75.1 Å². The Hall–Kier alpha value is -3.87. The van der Waals surface area contributed by atoms with Gasteiger partial charge < -0.3 is 19.6 Å². The Kier molecular flexibility index (Phi) is 4.13. The monoisotopic (exact) mass is 485 g/mol. The summed E-state index contributed by atoms with van der Waals surface area (Å²) in [7, 11) is 1.86. The highest BCUT2D eigenvalue weighted by Gasteiger charge is 2.35. The third-order valence-corrected chi connectivity index (χ3v) is 7.10. The van der Waals surface area contributed by atoms with Crippen LogP contribution in [0.25, 0.3) is 22.0 Å². The first kappa shape index (κ1) is 18.5. The van der Waals surface area contributed by atoms with Crippen molar-refractivity contribution in [2.24, 2.45) is 19.8 Å². The Balaban J connectivity index is 1.78. The normalized spacial score (nSPS) is 18.5. The van der Waals surface area contributed by atoms with Gasteiger partial charge in [-0.2, -0.15) is 0 Å². The molecule has 174 valence electrons. The summed E-state index contributed by atoms with van der Waals surface area (Å²) in [4.78, 5) is 17.5. The molecule has 0 saturated heterocycles. The number of benzene rings is 3. The molecule has 0 fully saturated rings. The third-order valence-electron chi connectivity index (χ3n) is 6.73. The highest BCUT2D eigenvalue weighted by atomic mass is 35.5. The minimum absolute atomic E-state index is 0.200. The predicted octanol–water partition coefficient (Wildman–Crippen LogP) is 4.74. The number of halogens is 1. The fourth-order valence-corrected chi connectivity index (χ4v) is 5.03. The summed E-state index contributed by atoms with van der Waals surface area (Å²) < 4.78 is 32.9. The zero-order valence-electron chi connectivity index (χ0n) is 21.8. The molecular weight excluding hydrogens is 460 g/mol. The van der Waals surface area contributed by atoms with Crippen LogP contribution in [-0.4, -0.2) is 14.1 Å². The fourth-order valence-electron chi connectivity index (χ4n) is 4.86. The summed E-state index contributed by atoms with van der Waals surface area (Å²) in [5.74, 6) is 0.582. The van der Waals surface area contributed by atoms with E-state index in [1.54, 1.807) is 30.7 Å². The molecule has 3 heterocycles. The highest BCUT2D eigenvalue weighted by Crippen LogP contribution is 2.39. The van der Waals surface area contributed by atoms with Gasteiger partial charge in [-0.15, -0.1) is 0 Å². The predicted molar refractivity (Wildman–Crippen MR) is 138 cm³/mol. The Morgan fingerprint density at radius 2 is 1.94 bits per heavy atom. The maximum absolute atomic E-state index is 13.1. The van der Waals surface area contributed by atoms with Gasteiger partial charge in [-0.05, 0) is 58.7 Å². The summed E-state index contributed by atoms with van der Waals surface area (Å²) >= 11 is 6.56. The summed E-state index contributed by atoms with van der Waals surface area (Å²) in [6.45, 7) is -2.47. The van der Waals surface area contributed by atoms with Crippen LogP contribution < -0.4 is 16.0 Å². The maximum atomic E-state index is 13.1. The SMILES string of the molecule is [2H]C([2H])([2H])n1c(=O)cc2c3cc(ccc31)C(N)(c1cncn1C)c1ccc(Cl)c(c1)COc1cccc-2c1. The number of aryl methyl sites for hydroxylation is 2. The quantitative estimate of drug-likeness (QED) is 0.372. The summed E-state index contributed by atoms with van der Waals surface area (Å²) in [6.07, 6.45) is 3.38. The molecule has 1 aliphatic heterocycles. The number of nitrogens with two attached hydrogens (primary N) is 1. The van der Waals surface area contributed by atoms with Crippen molar-refractivity contribution >= 4 is 22.5 Å². The van der Waals surface area contributed by atoms with E-state index in [1.165, 1.54) is 6.07 Å². The van der Waals surface area contributed by atoms with Crippen LogP contribution in [0.5, 0.6) is 5.75 Å². The molecule has 7 heteroatoms. The lowest BCUT2D eigenvalue weighted by Gasteiger charge is -2.32. The molecule has 0 radical (unpaired) electrons. The zero-order chi connectivity index (χ0) is 26.8. The average molecular weight is 486 g/mol. The molecule has 6 rings (SSSR count). The van der Waals surface area contributed by atoms with Gasteiger partial charge in [0.15, 0.2) is 0 Å². The van der Waals surface area contributed by atoms with Gasteiger partial charge in [0, 0.05) is 40.2 Å². The summed E-state index contributed by atoms with van der Waals surface area (Å²) in [6, 6.07) is 19.6. The second-order valence-electron chi connectivity index (χ2n) is 8.78. The first-order chi connectivity index (χ1) is 18.1. The van der Waals surface area contributed by atoms with Crippen molar-refractivity contribution in [1.29, 1.82) is 0 Å². The standard InChI is InChI=1S/C28H23ClN4O2/c1-32-16-31-14-26(32)28(30)19-6-8-24(29)18(10-19)15-35-21-5-3-4-17(11-21)22-13-27(34)33(2)25-9-7-20(28)12-23(22)25/h3-14,16H,15,30H2,1-2H3/i2D3. The van der Waals surface area contributed by atoms with Crippen LogP contribution in [0.3, 0.4) is 0 Å². The lowest BCUT2D eigenvalue weighted by atomic mass is 9.79. The lowest BCUT2D eigenvalue weighted by molar-refractivity contribution is 0.306. The van der Waals surface area contributed by atoms with Crippen molar-refractivity contribution in [2.75, 3.05) is 0 Å². The van der Waals surface area contributed by atoms with E-state index in [1.807, 2.05) is 54.1 Å². The highest BCUT2D eigenvalue weighted by molar-refractivity contribution is 6.31. The molecule has 35 heavy (non-hydrogen) atoms. The molecule has 1 unspecified atom stereocenters. The largest absolute Gasteiger partial charge is 0.489 e. The van der Waals surface area contributed by atoms with Crippen LogP contribution in [0.2, 0.25) is 5.02 Å². The molecule has 2 N–H and O–H groups in total. The van der Waals surface area contributed by atoms with Crippen molar-refractivity contribution in [1.82, 2.24) is 14.1 Å². The maximum Gasteiger partial charge on any atom is 0.251 e. The minimum Gasteiger partial charge on any atom is -0.489 e. The van der Waals surface area contributed by atoms with Gasteiger partial charge in [0.25, 0.3) is 5.56 Å². The molecule has 0 aliphatic carbocycles. The van der Waals surface area contributed by atoms with Gasteiger partial charge >= 0.3 is 0 Å². The van der Waals surface area contributed by atoms with Crippen molar-refractivity contribution < 1.29 is 8.85 Å². The molecule has 2 aromatic heterocycles. The number of fused-ring (bicyclic) bond motifs is 6. The Morgan fingerprint density at radius 3 is 2.74 bits per heavy atom. The van der Waals surface area contributed by atoms with Crippen molar-refractivity contribution in [3.63, 3.8) is 0 Å². The van der Waals surface area contributed by atoms with Crippen LogP contribution in [0.4, 0.5) is 0 Å². The minimum atomic E-state index is -2.67. The number of pyridine rings is 1. The van der Waals surface area contributed by atoms with E-state index in [0.29, 0.717) is 38.5 Å². The van der Waals surface area contributed by atoms with Crippen molar-refractivity contribution in [2.45, 2.75) is 12.1 Å². The summed E-state index contributed by atoms with van der Waals surface area (Å²) in [5.41, 5.74) is 9.98. The lowest BCUT2D eigenvalue weighted by Crippen LogP contribution is -2.41. The molecule has 0 saturated carbocycles. The fraction of sp³-hybridized carbons (Fsp3) is 0.143.